The first kappa shape index (κ1) is 17.4. The van der Waals surface area contributed by atoms with Crippen LogP contribution < -0.4 is 0 Å². The SMILES string of the molecule is CCCCC(CC)COC(=O)/C=C/C=C\OC(C)=O. The van der Waals surface area contributed by atoms with Crippen molar-refractivity contribution >= 4 is 11.9 Å². The molecule has 19 heavy (non-hydrogen) atoms. The molecule has 0 rings (SSSR count). The third-order valence-corrected chi connectivity index (χ3v) is 2.66. The van der Waals surface area contributed by atoms with Gasteiger partial charge >= 0.3 is 11.9 Å². The zero-order chi connectivity index (χ0) is 14.5. The summed E-state index contributed by atoms with van der Waals surface area (Å²) >= 11 is 0. The summed E-state index contributed by atoms with van der Waals surface area (Å²) in [5, 5.41) is 0. The minimum atomic E-state index is -0.395. The van der Waals surface area contributed by atoms with Gasteiger partial charge in [-0.15, -0.1) is 0 Å². The van der Waals surface area contributed by atoms with Crippen LogP contribution >= 0.6 is 0 Å². The average molecular weight is 268 g/mol. The van der Waals surface area contributed by atoms with Crippen LogP contribution in [0, 0.1) is 5.92 Å². The number of hydrogen-bond donors (Lipinski definition) is 0. The van der Waals surface area contributed by atoms with Crippen LogP contribution in [0.4, 0.5) is 0 Å². The van der Waals surface area contributed by atoms with E-state index in [1.165, 1.54) is 31.4 Å². The Morgan fingerprint density at radius 3 is 2.53 bits per heavy atom. The van der Waals surface area contributed by atoms with Gasteiger partial charge in [0.05, 0.1) is 12.9 Å². The summed E-state index contributed by atoms with van der Waals surface area (Å²) in [5.41, 5.74) is 0. The van der Waals surface area contributed by atoms with Gasteiger partial charge in [-0.25, -0.2) is 4.79 Å². The van der Waals surface area contributed by atoms with Gasteiger partial charge in [-0.2, -0.15) is 0 Å². The van der Waals surface area contributed by atoms with Crippen LogP contribution in [-0.4, -0.2) is 18.5 Å². The molecule has 0 amide bonds. The maximum atomic E-state index is 11.4. The van der Waals surface area contributed by atoms with Crippen molar-refractivity contribution < 1.29 is 19.1 Å². The highest BCUT2D eigenvalue weighted by Crippen LogP contribution is 2.12. The van der Waals surface area contributed by atoms with E-state index in [0.717, 1.165) is 25.7 Å². The van der Waals surface area contributed by atoms with Crippen LogP contribution in [0.3, 0.4) is 0 Å². The Labute approximate surface area is 115 Å². The predicted octanol–water partition coefficient (Wildman–Crippen LogP) is 3.38. The summed E-state index contributed by atoms with van der Waals surface area (Å²) in [7, 11) is 0. The minimum Gasteiger partial charge on any atom is -0.462 e. The molecule has 0 aliphatic carbocycles. The first-order valence-corrected chi connectivity index (χ1v) is 6.77. The number of allylic oxidation sites excluding steroid dienone is 2. The first-order chi connectivity index (χ1) is 9.10. The van der Waals surface area contributed by atoms with Crippen molar-refractivity contribution in [3.8, 4) is 0 Å². The van der Waals surface area contributed by atoms with Gasteiger partial charge in [0.2, 0.25) is 0 Å². The number of unbranched alkanes of at least 4 members (excludes halogenated alkanes) is 1. The fourth-order valence-corrected chi connectivity index (χ4v) is 1.46. The lowest BCUT2D eigenvalue weighted by atomic mass is 10.0. The highest BCUT2D eigenvalue weighted by Gasteiger charge is 2.07. The van der Waals surface area contributed by atoms with Gasteiger partial charge in [0.25, 0.3) is 0 Å². The minimum absolute atomic E-state index is 0.373. The molecule has 0 bridgehead atoms. The van der Waals surface area contributed by atoms with Gasteiger partial charge in [-0.1, -0.05) is 39.2 Å². The van der Waals surface area contributed by atoms with E-state index < -0.39 is 5.97 Å². The van der Waals surface area contributed by atoms with Crippen LogP contribution in [0.25, 0.3) is 0 Å². The zero-order valence-electron chi connectivity index (χ0n) is 12.1. The molecular weight excluding hydrogens is 244 g/mol. The highest BCUT2D eigenvalue weighted by molar-refractivity contribution is 5.82. The highest BCUT2D eigenvalue weighted by atomic mass is 16.5. The van der Waals surface area contributed by atoms with E-state index in [0.29, 0.717) is 12.5 Å². The van der Waals surface area contributed by atoms with Crippen molar-refractivity contribution in [3.05, 3.63) is 24.5 Å². The third-order valence-electron chi connectivity index (χ3n) is 2.66. The third kappa shape index (κ3) is 11.3. The summed E-state index contributed by atoms with van der Waals surface area (Å²) in [5.74, 6) is -0.328. The Morgan fingerprint density at radius 1 is 1.21 bits per heavy atom. The second-order valence-corrected chi connectivity index (χ2v) is 4.34. The molecule has 0 radical (unpaired) electrons. The van der Waals surface area contributed by atoms with Gasteiger partial charge in [0, 0.05) is 13.0 Å². The lowest BCUT2D eigenvalue weighted by Gasteiger charge is -2.13. The summed E-state index contributed by atoms with van der Waals surface area (Å²) < 4.78 is 9.71. The molecule has 0 aromatic carbocycles. The van der Waals surface area contributed by atoms with E-state index in [9.17, 15) is 9.59 Å². The number of carbonyl (C=O) groups is 2. The molecule has 4 nitrogen and oxygen atoms in total. The van der Waals surface area contributed by atoms with Gasteiger partial charge in [0.15, 0.2) is 0 Å². The predicted molar refractivity (Wildman–Crippen MR) is 74.3 cm³/mol. The van der Waals surface area contributed by atoms with Crippen molar-refractivity contribution in [1.82, 2.24) is 0 Å². The number of hydrogen-bond acceptors (Lipinski definition) is 4. The number of ether oxygens (including phenoxy) is 2. The Bertz CT molecular complexity index is 318. The average Bonchev–Trinajstić information content (AvgIpc) is 2.38. The van der Waals surface area contributed by atoms with Crippen LogP contribution in [-0.2, 0) is 19.1 Å². The molecular formula is C15H24O4. The molecule has 0 spiro atoms. The van der Waals surface area contributed by atoms with Gasteiger partial charge in [-0.3, -0.25) is 4.79 Å². The van der Waals surface area contributed by atoms with Crippen molar-refractivity contribution in [1.29, 1.82) is 0 Å². The zero-order valence-corrected chi connectivity index (χ0v) is 12.1. The molecule has 0 aromatic rings. The normalized spacial score (nSPS) is 12.8. The molecule has 0 aliphatic rings. The van der Waals surface area contributed by atoms with Crippen molar-refractivity contribution in [2.24, 2.45) is 5.92 Å². The summed E-state index contributed by atoms with van der Waals surface area (Å²) in [6.07, 6.45) is 9.92. The molecule has 0 aliphatic heterocycles. The molecule has 0 fully saturated rings. The summed E-state index contributed by atoms with van der Waals surface area (Å²) in [6, 6.07) is 0. The largest absolute Gasteiger partial charge is 0.462 e. The number of rotatable bonds is 9. The Morgan fingerprint density at radius 2 is 1.95 bits per heavy atom. The van der Waals surface area contributed by atoms with E-state index in [4.69, 9.17) is 4.74 Å². The summed E-state index contributed by atoms with van der Waals surface area (Å²) in [4.78, 5) is 21.8. The Hall–Kier alpha value is -1.58. The molecule has 1 unspecified atom stereocenters. The number of esters is 2. The van der Waals surface area contributed by atoms with Crippen LogP contribution in [0.2, 0.25) is 0 Å². The lowest BCUT2D eigenvalue weighted by molar-refractivity contribution is -0.139. The number of carbonyl (C=O) groups excluding carboxylic acids is 2. The monoisotopic (exact) mass is 268 g/mol. The van der Waals surface area contributed by atoms with Crippen molar-refractivity contribution in [2.75, 3.05) is 6.61 Å². The van der Waals surface area contributed by atoms with Gasteiger partial charge < -0.3 is 9.47 Å². The maximum absolute atomic E-state index is 11.4. The van der Waals surface area contributed by atoms with E-state index >= 15 is 0 Å². The molecule has 0 heterocycles. The molecule has 4 heteroatoms. The van der Waals surface area contributed by atoms with Crippen LogP contribution in [0.5, 0.6) is 0 Å². The lowest BCUT2D eigenvalue weighted by Crippen LogP contribution is -2.12. The van der Waals surface area contributed by atoms with E-state index in [1.54, 1.807) is 0 Å². The Balaban J connectivity index is 3.86. The molecule has 108 valence electrons. The van der Waals surface area contributed by atoms with Gasteiger partial charge in [-0.05, 0) is 18.4 Å². The molecule has 0 N–H and O–H groups in total. The second kappa shape index (κ2) is 11.5. The first-order valence-electron chi connectivity index (χ1n) is 6.77. The molecule has 0 saturated heterocycles. The molecule has 0 saturated carbocycles. The van der Waals surface area contributed by atoms with E-state index in [2.05, 4.69) is 18.6 Å². The fourth-order valence-electron chi connectivity index (χ4n) is 1.46. The second-order valence-electron chi connectivity index (χ2n) is 4.34. The smallest absolute Gasteiger partial charge is 0.330 e. The van der Waals surface area contributed by atoms with Crippen LogP contribution in [0.1, 0.15) is 46.5 Å². The molecule has 0 aromatic heterocycles. The summed E-state index contributed by atoms with van der Waals surface area (Å²) in [6.45, 7) is 6.03. The Kier molecular flexibility index (Phi) is 10.6. The van der Waals surface area contributed by atoms with E-state index in [-0.39, 0.29) is 5.97 Å². The standard InChI is InChI=1S/C15H24O4/c1-4-6-9-14(5-2)12-19-15(17)10-7-8-11-18-13(3)16/h7-8,10-11,14H,4-6,9,12H2,1-3H3/b10-7+,11-8-. The van der Waals surface area contributed by atoms with Gasteiger partial charge in [0.1, 0.15) is 0 Å². The molecule has 1 atom stereocenters. The van der Waals surface area contributed by atoms with E-state index in [1.807, 2.05) is 0 Å². The quantitative estimate of drug-likeness (QED) is 0.278. The van der Waals surface area contributed by atoms with Crippen molar-refractivity contribution in [3.63, 3.8) is 0 Å². The fraction of sp³-hybridized carbons (Fsp3) is 0.600. The van der Waals surface area contributed by atoms with Crippen molar-refractivity contribution in [2.45, 2.75) is 46.5 Å². The topological polar surface area (TPSA) is 52.6 Å². The van der Waals surface area contributed by atoms with Crippen LogP contribution in [0.15, 0.2) is 24.5 Å². The maximum Gasteiger partial charge on any atom is 0.330 e.